The molecule has 4 nitrogen and oxygen atoms in total. The van der Waals surface area contributed by atoms with Gasteiger partial charge in [0.2, 0.25) is 0 Å². The van der Waals surface area contributed by atoms with Crippen LogP contribution in [0.5, 0.6) is 0 Å². The van der Waals surface area contributed by atoms with Gasteiger partial charge in [-0.2, -0.15) is 0 Å². The van der Waals surface area contributed by atoms with Crippen molar-refractivity contribution in [2.75, 3.05) is 31.5 Å². The average molecular weight is 248 g/mol. The Morgan fingerprint density at radius 3 is 2.89 bits per heavy atom. The van der Waals surface area contributed by atoms with Crippen LogP contribution in [0.25, 0.3) is 0 Å². The van der Waals surface area contributed by atoms with E-state index in [1.54, 1.807) is 0 Å². The summed E-state index contributed by atoms with van der Waals surface area (Å²) in [6.45, 7) is 11.0. The van der Waals surface area contributed by atoms with E-state index in [-0.39, 0.29) is 0 Å². The van der Waals surface area contributed by atoms with E-state index in [9.17, 15) is 0 Å². The Bertz CT molecular complexity index is 391. The Hall–Kier alpha value is -1.16. The summed E-state index contributed by atoms with van der Waals surface area (Å²) >= 11 is 0. The van der Waals surface area contributed by atoms with Gasteiger partial charge in [-0.3, -0.25) is 0 Å². The van der Waals surface area contributed by atoms with Gasteiger partial charge in [-0.15, -0.1) is 0 Å². The van der Waals surface area contributed by atoms with Gasteiger partial charge >= 0.3 is 0 Å². The molecule has 1 fully saturated rings. The first-order valence-corrected chi connectivity index (χ1v) is 7.02. The highest BCUT2D eigenvalue weighted by Crippen LogP contribution is 2.16. The van der Waals surface area contributed by atoms with Crippen LogP contribution in [0, 0.1) is 12.8 Å². The van der Waals surface area contributed by atoms with E-state index in [1.807, 2.05) is 6.92 Å². The minimum Gasteiger partial charge on any atom is -0.370 e. The van der Waals surface area contributed by atoms with Crippen molar-refractivity contribution in [2.45, 2.75) is 33.6 Å². The van der Waals surface area contributed by atoms with Crippen LogP contribution in [-0.2, 0) is 6.42 Å². The summed E-state index contributed by atoms with van der Waals surface area (Å²) in [5.74, 6) is 2.60. The van der Waals surface area contributed by atoms with Crippen molar-refractivity contribution in [3.63, 3.8) is 0 Å². The molecule has 2 heterocycles. The molecule has 2 rings (SSSR count). The van der Waals surface area contributed by atoms with Crippen LogP contribution < -0.4 is 5.32 Å². The standard InChI is InChI=1S/C14H24N4/c1-4-13-8-14(17-11(3)16-13)15-9-12-6-7-18(5-2)10-12/h8,12H,4-7,9-10H2,1-3H3,(H,15,16,17). The minimum absolute atomic E-state index is 0.755. The molecule has 1 aliphatic heterocycles. The van der Waals surface area contributed by atoms with Gasteiger partial charge < -0.3 is 10.2 Å². The monoisotopic (exact) mass is 248 g/mol. The number of likely N-dealkylation sites (tertiary alicyclic amines) is 1. The maximum Gasteiger partial charge on any atom is 0.129 e. The molecule has 1 aromatic rings. The Balaban J connectivity index is 1.88. The molecule has 1 unspecified atom stereocenters. The summed E-state index contributed by atoms with van der Waals surface area (Å²) in [5.41, 5.74) is 1.12. The van der Waals surface area contributed by atoms with Crippen molar-refractivity contribution in [1.82, 2.24) is 14.9 Å². The molecule has 100 valence electrons. The number of hydrogen-bond acceptors (Lipinski definition) is 4. The molecule has 1 N–H and O–H groups in total. The number of rotatable bonds is 5. The van der Waals surface area contributed by atoms with E-state index >= 15 is 0 Å². The summed E-state index contributed by atoms with van der Waals surface area (Å²) in [5, 5.41) is 3.47. The Morgan fingerprint density at radius 1 is 1.39 bits per heavy atom. The summed E-state index contributed by atoms with van der Waals surface area (Å²) in [6.07, 6.45) is 2.26. The van der Waals surface area contributed by atoms with Crippen LogP contribution in [0.1, 0.15) is 31.8 Å². The van der Waals surface area contributed by atoms with Crippen molar-refractivity contribution in [3.05, 3.63) is 17.6 Å². The average Bonchev–Trinajstić information content (AvgIpc) is 2.83. The third-order valence-electron chi connectivity index (χ3n) is 3.64. The lowest BCUT2D eigenvalue weighted by atomic mass is 10.1. The fourth-order valence-electron chi connectivity index (χ4n) is 2.52. The van der Waals surface area contributed by atoms with E-state index in [0.29, 0.717) is 0 Å². The van der Waals surface area contributed by atoms with Gasteiger partial charge in [-0.25, -0.2) is 9.97 Å². The maximum atomic E-state index is 4.45. The van der Waals surface area contributed by atoms with Gasteiger partial charge in [0.1, 0.15) is 11.6 Å². The molecular formula is C14H24N4. The molecule has 0 aliphatic carbocycles. The second-order valence-electron chi connectivity index (χ2n) is 5.07. The lowest BCUT2D eigenvalue weighted by Gasteiger charge is -2.14. The Labute approximate surface area is 110 Å². The van der Waals surface area contributed by atoms with Crippen LogP contribution in [0.15, 0.2) is 6.07 Å². The maximum absolute atomic E-state index is 4.45. The lowest BCUT2D eigenvalue weighted by molar-refractivity contribution is 0.345. The predicted molar refractivity (Wildman–Crippen MR) is 74.9 cm³/mol. The number of nitrogens with zero attached hydrogens (tertiary/aromatic N) is 3. The third-order valence-corrected chi connectivity index (χ3v) is 3.64. The second-order valence-corrected chi connectivity index (χ2v) is 5.07. The predicted octanol–water partition coefficient (Wildman–Crippen LogP) is 2.10. The molecule has 0 aromatic carbocycles. The highest BCUT2D eigenvalue weighted by Gasteiger charge is 2.20. The van der Waals surface area contributed by atoms with Gasteiger partial charge in [0, 0.05) is 24.8 Å². The molecule has 18 heavy (non-hydrogen) atoms. The number of anilines is 1. The number of nitrogens with one attached hydrogen (secondary N) is 1. The van der Waals surface area contributed by atoms with Crippen molar-refractivity contribution >= 4 is 5.82 Å². The highest BCUT2D eigenvalue weighted by molar-refractivity contribution is 5.36. The Kier molecular flexibility index (Phi) is 4.53. The van der Waals surface area contributed by atoms with Crippen molar-refractivity contribution in [3.8, 4) is 0 Å². The van der Waals surface area contributed by atoms with Gasteiger partial charge in [0.05, 0.1) is 0 Å². The zero-order valence-electron chi connectivity index (χ0n) is 11.7. The molecule has 1 aliphatic rings. The normalized spacial score (nSPS) is 20.3. The number of hydrogen-bond donors (Lipinski definition) is 1. The summed E-state index contributed by atoms with van der Waals surface area (Å²) in [4.78, 5) is 11.4. The first kappa shape index (κ1) is 13.3. The van der Waals surface area contributed by atoms with Gasteiger partial charge in [0.15, 0.2) is 0 Å². The number of aromatic nitrogens is 2. The molecule has 0 bridgehead atoms. The molecule has 0 amide bonds. The molecule has 4 heteroatoms. The van der Waals surface area contributed by atoms with E-state index in [2.05, 4.69) is 40.1 Å². The van der Waals surface area contributed by atoms with Crippen molar-refractivity contribution < 1.29 is 0 Å². The molecule has 0 spiro atoms. The van der Waals surface area contributed by atoms with Crippen LogP contribution in [-0.4, -0.2) is 41.0 Å². The zero-order valence-corrected chi connectivity index (χ0v) is 11.7. The zero-order chi connectivity index (χ0) is 13.0. The first-order valence-electron chi connectivity index (χ1n) is 7.02. The van der Waals surface area contributed by atoms with Crippen LogP contribution in [0.4, 0.5) is 5.82 Å². The Morgan fingerprint density at radius 2 is 2.22 bits per heavy atom. The number of aryl methyl sites for hydroxylation is 2. The SMILES string of the molecule is CCc1cc(NCC2CCN(CC)C2)nc(C)n1. The van der Waals surface area contributed by atoms with E-state index in [1.165, 1.54) is 26.1 Å². The van der Waals surface area contributed by atoms with Crippen LogP contribution in [0.2, 0.25) is 0 Å². The second kappa shape index (κ2) is 6.14. The van der Waals surface area contributed by atoms with Gasteiger partial charge in [-0.1, -0.05) is 13.8 Å². The molecule has 1 aromatic heterocycles. The first-order chi connectivity index (χ1) is 8.71. The van der Waals surface area contributed by atoms with E-state index in [0.717, 1.165) is 36.2 Å². The topological polar surface area (TPSA) is 41.0 Å². The smallest absolute Gasteiger partial charge is 0.129 e. The molecule has 0 saturated carbocycles. The van der Waals surface area contributed by atoms with Crippen LogP contribution >= 0.6 is 0 Å². The highest BCUT2D eigenvalue weighted by atomic mass is 15.1. The minimum atomic E-state index is 0.755. The summed E-state index contributed by atoms with van der Waals surface area (Å²) in [7, 11) is 0. The summed E-state index contributed by atoms with van der Waals surface area (Å²) in [6, 6.07) is 2.07. The molecular weight excluding hydrogens is 224 g/mol. The fourth-order valence-corrected chi connectivity index (χ4v) is 2.52. The quantitative estimate of drug-likeness (QED) is 0.866. The molecule has 1 atom stereocenters. The van der Waals surface area contributed by atoms with E-state index in [4.69, 9.17) is 0 Å². The lowest BCUT2D eigenvalue weighted by Crippen LogP contribution is -2.22. The van der Waals surface area contributed by atoms with E-state index < -0.39 is 0 Å². The fraction of sp³-hybridized carbons (Fsp3) is 0.714. The largest absolute Gasteiger partial charge is 0.370 e. The van der Waals surface area contributed by atoms with Crippen molar-refractivity contribution in [2.24, 2.45) is 5.92 Å². The molecule has 0 radical (unpaired) electrons. The molecule has 1 saturated heterocycles. The van der Waals surface area contributed by atoms with Crippen molar-refractivity contribution in [1.29, 1.82) is 0 Å². The van der Waals surface area contributed by atoms with Gasteiger partial charge in [0.25, 0.3) is 0 Å². The third kappa shape index (κ3) is 3.42. The summed E-state index contributed by atoms with van der Waals surface area (Å²) < 4.78 is 0. The van der Waals surface area contributed by atoms with Crippen LogP contribution in [0.3, 0.4) is 0 Å². The van der Waals surface area contributed by atoms with Gasteiger partial charge in [-0.05, 0) is 38.8 Å².